The Bertz CT molecular complexity index is 564. The van der Waals surface area contributed by atoms with Crippen LogP contribution in [0.4, 0.5) is 0 Å². The number of hydrogen-bond donors (Lipinski definition) is 1. The molecule has 0 amide bonds. The van der Waals surface area contributed by atoms with Crippen molar-refractivity contribution in [1.29, 1.82) is 0 Å². The molecule has 2 rings (SSSR count). The molecule has 0 radical (unpaired) electrons. The van der Waals surface area contributed by atoms with Gasteiger partial charge in [0.05, 0.1) is 5.02 Å². The number of halogens is 1. The molecule has 0 spiro atoms. The fourth-order valence-electron chi connectivity index (χ4n) is 1.75. The molecule has 2 aromatic carbocycles. The van der Waals surface area contributed by atoms with Crippen molar-refractivity contribution in [2.24, 2.45) is 0 Å². The summed E-state index contributed by atoms with van der Waals surface area (Å²) in [5, 5.41) is 10.4. The van der Waals surface area contributed by atoms with Crippen LogP contribution in [-0.2, 0) is 0 Å². The van der Waals surface area contributed by atoms with Crippen LogP contribution in [-0.4, -0.2) is 10.9 Å². The van der Waals surface area contributed by atoms with E-state index in [1.54, 1.807) is 42.5 Å². The largest absolute Gasteiger partial charge is 0.380 e. The van der Waals surface area contributed by atoms with Crippen LogP contribution in [0, 0.1) is 6.92 Å². The Balaban J connectivity index is 2.32. The summed E-state index contributed by atoms with van der Waals surface area (Å²) in [6.45, 7) is 1.90. The van der Waals surface area contributed by atoms with Gasteiger partial charge in [-0.2, -0.15) is 0 Å². The lowest BCUT2D eigenvalue weighted by molar-refractivity contribution is 0.0747. The Kier molecular flexibility index (Phi) is 3.80. The van der Waals surface area contributed by atoms with Gasteiger partial charge in [0.1, 0.15) is 6.10 Å². The lowest BCUT2D eigenvalue weighted by Gasteiger charge is -2.11. The summed E-state index contributed by atoms with van der Waals surface area (Å²) in [4.78, 5) is 12.1. The fraction of sp³-hybridized carbons (Fsp3) is 0.133. The van der Waals surface area contributed by atoms with E-state index in [4.69, 9.17) is 11.6 Å². The number of ketones is 1. The van der Waals surface area contributed by atoms with Gasteiger partial charge in [-0.05, 0) is 30.2 Å². The molecule has 0 aromatic heterocycles. The predicted molar refractivity (Wildman–Crippen MR) is 71.9 cm³/mol. The Morgan fingerprint density at radius 2 is 1.83 bits per heavy atom. The summed E-state index contributed by atoms with van der Waals surface area (Å²) in [7, 11) is 0. The molecule has 2 aromatic rings. The lowest BCUT2D eigenvalue weighted by Crippen LogP contribution is -2.12. The Hall–Kier alpha value is -1.64. The fourth-order valence-corrected chi connectivity index (χ4v) is 2.08. The average Bonchev–Trinajstić information content (AvgIpc) is 2.38. The van der Waals surface area contributed by atoms with Crippen LogP contribution in [0.3, 0.4) is 0 Å². The van der Waals surface area contributed by atoms with E-state index in [0.717, 1.165) is 5.56 Å². The van der Waals surface area contributed by atoms with Crippen LogP contribution in [0.15, 0.2) is 48.5 Å². The van der Waals surface area contributed by atoms with Crippen molar-refractivity contribution >= 4 is 17.4 Å². The minimum absolute atomic E-state index is 0.346. The average molecular weight is 261 g/mol. The van der Waals surface area contributed by atoms with Crippen molar-refractivity contribution in [3.8, 4) is 0 Å². The number of rotatable bonds is 3. The Morgan fingerprint density at radius 1 is 1.17 bits per heavy atom. The molecule has 0 aliphatic heterocycles. The second-order valence-electron chi connectivity index (χ2n) is 4.16. The van der Waals surface area contributed by atoms with Crippen molar-refractivity contribution in [3.05, 3.63) is 70.2 Å². The van der Waals surface area contributed by atoms with Gasteiger partial charge in [0.2, 0.25) is 0 Å². The molecule has 18 heavy (non-hydrogen) atoms. The highest BCUT2D eigenvalue weighted by Gasteiger charge is 2.20. The molecule has 0 fully saturated rings. The normalized spacial score (nSPS) is 12.2. The molecule has 92 valence electrons. The van der Waals surface area contributed by atoms with Gasteiger partial charge in [-0.3, -0.25) is 4.79 Å². The first kappa shape index (κ1) is 12.8. The highest BCUT2D eigenvalue weighted by molar-refractivity contribution is 6.34. The zero-order chi connectivity index (χ0) is 13.1. The SMILES string of the molecule is Cc1ccc(C(=O)C(O)c2ccccc2)c(Cl)c1. The Labute approximate surface area is 111 Å². The van der Waals surface area contributed by atoms with E-state index < -0.39 is 6.10 Å². The van der Waals surface area contributed by atoms with Crippen LogP contribution in [0.2, 0.25) is 5.02 Å². The third-order valence-corrected chi connectivity index (χ3v) is 3.07. The molecule has 0 saturated heterocycles. The standard InChI is InChI=1S/C15H13ClO2/c1-10-7-8-12(13(16)9-10)15(18)14(17)11-5-3-2-4-6-11/h2-9,14,17H,1H3. The summed E-state index contributed by atoms with van der Waals surface area (Å²) < 4.78 is 0. The van der Waals surface area contributed by atoms with Crippen LogP contribution in [0.5, 0.6) is 0 Å². The number of benzene rings is 2. The first-order chi connectivity index (χ1) is 8.59. The van der Waals surface area contributed by atoms with Gasteiger partial charge < -0.3 is 5.11 Å². The van der Waals surface area contributed by atoms with E-state index in [1.165, 1.54) is 0 Å². The van der Waals surface area contributed by atoms with E-state index in [1.807, 2.05) is 13.0 Å². The van der Waals surface area contributed by atoms with Gasteiger partial charge in [0.15, 0.2) is 5.78 Å². The second-order valence-corrected chi connectivity index (χ2v) is 4.57. The summed E-state index contributed by atoms with van der Waals surface area (Å²) in [5.41, 5.74) is 1.89. The van der Waals surface area contributed by atoms with Crippen LogP contribution >= 0.6 is 11.6 Å². The van der Waals surface area contributed by atoms with E-state index in [9.17, 15) is 9.90 Å². The zero-order valence-corrected chi connectivity index (χ0v) is 10.7. The quantitative estimate of drug-likeness (QED) is 0.857. The number of carbonyl (C=O) groups is 1. The van der Waals surface area contributed by atoms with E-state index in [2.05, 4.69) is 0 Å². The van der Waals surface area contributed by atoms with Gasteiger partial charge >= 0.3 is 0 Å². The number of aliphatic hydroxyl groups excluding tert-OH is 1. The number of aliphatic hydroxyl groups is 1. The van der Waals surface area contributed by atoms with Gasteiger partial charge in [-0.25, -0.2) is 0 Å². The number of Topliss-reactive ketones (excluding diaryl/α,β-unsaturated/α-hetero) is 1. The Morgan fingerprint density at radius 3 is 2.44 bits per heavy atom. The zero-order valence-electron chi connectivity index (χ0n) is 9.93. The van der Waals surface area contributed by atoms with Crippen molar-refractivity contribution < 1.29 is 9.90 Å². The topological polar surface area (TPSA) is 37.3 Å². The molecule has 1 N–H and O–H groups in total. The summed E-state index contributed by atoms with van der Waals surface area (Å²) in [6.07, 6.45) is -1.17. The van der Waals surface area contributed by atoms with Crippen LogP contribution in [0.1, 0.15) is 27.6 Å². The summed E-state index contributed by atoms with van der Waals surface area (Å²) >= 11 is 6.02. The molecular formula is C15H13ClO2. The van der Waals surface area contributed by atoms with E-state index in [-0.39, 0.29) is 5.78 Å². The minimum atomic E-state index is -1.17. The summed E-state index contributed by atoms with van der Waals surface area (Å²) in [5.74, 6) is -0.383. The molecule has 0 aliphatic rings. The molecule has 1 unspecified atom stereocenters. The highest BCUT2D eigenvalue weighted by Crippen LogP contribution is 2.24. The smallest absolute Gasteiger partial charge is 0.197 e. The molecule has 3 heteroatoms. The van der Waals surface area contributed by atoms with Gasteiger partial charge in [0.25, 0.3) is 0 Å². The second kappa shape index (κ2) is 5.34. The molecule has 0 heterocycles. The molecule has 0 bridgehead atoms. The first-order valence-corrected chi connectivity index (χ1v) is 6.01. The molecule has 1 atom stereocenters. The van der Waals surface area contributed by atoms with Gasteiger partial charge in [-0.1, -0.05) is 48.0 Å². The van der Waals surface area contributed by atoms with Gasteiger partial charge in [0, 0.05) is 5.56 Å². The number of aryl methyl sites for hydroxylation is 1. The highest BCUT2D eigenvalue weighted by atomic mass is 35.5. The molecule has 0 saturated carbocycles. The minimum Gasteiger partial charge on any atom is -0.380 e. The molecule has 2 nitrogen and oxygen atoms in total. The number of carbonyl (C=O) groups excluding carboxylic acids is 1. The monoisotopic (exact) mass is 260 g/mol. The first-order valence-electron chi connectivity index (χ1n) is 5.63. The maximum Gasteiger partial charge on any atom is 0.197 e. The lowest BCUT2D eigenvalue weighted by atomic mass is 9.99. The van der Waals surface area contributed by atoms with Crippen molar-refractivity contribution in [2.45, 2.75) is 13.0 Å². The number of hydrogen-bond acceptors (Lipinski definition) is 2. The van der Waals surface area contributed by atoms with E-state index in [0.29, 0.717) is 16.1 Å². The third-order valence-electron chi connectivity index (χ3n) is 2.75. The van der Waals surface area contributed by atoms with Crippen molar-refractivity contribution in [2.75, 3.05) is 0 Å². The third kappa shape index (κ3) is 2.61. The van der Waals surface area contributed by atoms with Crippen molar-refractivity contribution in [3.63, 3.8) is 0 Å². The predicted octanol–water partition coefficient (Wildman–Crippen LogP) is 3.56. The molecule has 0 aliphatic carbocycles. The van der Waals surface area contributed by atoms with Crippen molar-refractivity contribution in [1.82, 2.24) is 0 Å². The maximum atomic E-state index is 12.1. The van der Waals surface area contributed by atoms with Crippen LogP contribution in [0.25, 0.3) is 0 Å². The van der Waals surface area contributed by atoms with Gasteiger partial charge in [-0.15, -0.1) is 0 Å². The van der Waals surface area contributed by atoms with Crippen LogP contribution < -0.4 is 0 Å². The summed E-state index contributed by atoms with van der Waals surface area (Å²) in [6, 6.07) is 14.0. The molecular weight excluding hydrogens is 248 g/mol. The maximum absolute atomic E-state index is 12.1. The van der Waals surface area contributed by atoms with E-state index >= 15 is 0 Å².